The lowest BCUT2D eigenvalue weighted by Gasteiger charge is -2.11. The van der Waals surface area contributed by atoms with Gasteiger partial charge in [-0.25, -0.2) is 0 Å². The molecule has 0 unspecified atom stereocenters. The third-order valence-corrected chi connectivity index (χ3v) is 4.64. The van der Waals surface area contributed by atoms with Crippen LogP contribution in [-0.2, 0) is 9.53 Å². The van der Waals surface area contributed by atoms with Crippen molar-refractivity contribution in [2.75, 3.05) is 20.3 Å². The summed E-state index contributed by atoms with van der Waals surface area (Å²) in [6.07, 6.45) is 2.29. The van der Waals surface area contributed by atoms with E-state index in [1.807, 2.05) is 22.6 Å². The molecule has 21 heavy (non-hydrogen) atoms. The van der Waals surface area contributed by atoms with Crippen molar-refractivity contribution in [3.63, 3.8) is 0 Å². The molecule has 0 aliphatic carbocycles. The van der Waals surface area contributed by atoms with E-state index in [4.69, 9.17) is 4.74 Å². The summed E-state index contributed by atoms with van der Waals surface area (Å²) in [6, 6.07) is 5.03. The number of nitrogens with zero attached hydrogens (tertiary/aromatic N) is 1. The number of ether oxygens (including phenoxy) is 1. The summed E-state index contributed by atoms with van der Waals surface area (Å²) in [6.45, 7) is 0.875. The Morgan fingerprint density at radius 3 is 2.86 bits per heavy atom. The molecule has 1 aliphatic rings. The molecule has 0 saturated carbocycles. The minimum atomic E-state index is -0.274. The molecule has 1 N–H and O–H groups in total. The normalized spacial score (nSPS) is 17.0. The average molecular weight is 419 g/mol. The summed E-state index contributed by atoms with van der Waals surface area (Å²) in [7, 11) is 1.58. The number of halogens is 1. The first-order valence-corrected chi connectivity index (χ1v) is 8.15. The third kappa shape index (κ3) is 3.98. The molecule has 112 valence electrons. The van der Waals surface area contributed by atoms with E-state index in [2.05, 4.69) is 0 Å². The van der Waals surface area contributed by atoms with Gasteiger partial charge in [-0.2, -0.15) is 0 Å². The van der Waals surface area contributed by atoms with Crippen LogP contribution in [0.1, 0.15) is 12.0 Å². The van der Waals surface area contributed by atoms with Crippen LogP contribution in [0.3, 0.4) is 0 Å². The quantitative estimate of drug-likeness (QED) is 0.452. The zero-order valence-corrected chi connectivity index (χ0v) is 14.3. The fourth-order valence-electron chi connectivity index (χ4n) is 1.82. The van der Waals surface area contributed by atoms with Gasteiger partial charge in [0.25, 0.3) is 11.1 Å². The summed E-state index contributed by atoms with van der Waals surface area (Å²) in [4.78, 5) is 25.7. The van der Waals surface area contributed by atoms with Crippen molar-refractivity contribution >= 4 is 51.6 Å². The predicted molar refractivity (Wildman–Crippen MR) is 90.0 cm³/mol. The molecule has 2 rings (SSSR count). The monoisotopic (exact) mass is 419 g/mol. The van der Waals surface area contributed by atoms with Gasteiger partial charge in [0.1, 0.15) is 5.75 Å². The highest BCUT2D eigenvalue weighted by Gasteiger charge is 2.34. The minimum Gasteiger partial charge on any atom is -0.507 e. The highest BCUT2D eigenvalue weighted by atomic mass is 127. The number of phenolic OH excluding ortho intramolecular Hbond substituents is 1. The van der Waals surface area contributed by atoms with Gasteiger partial charge in [0.2, 0.25) is 0 Å². The van der Waals surface area contributed by atoms with Crippen molar-refractivity contribution < 1.29 is 19.4 Å². The molecular weight excluding hydrogens is 405 g/mol. The maximum Gasteiger partial charge on any atom is 0.293 e. The van der Waals surface area contributed by atoms with Crippen LogP contribution in [0.4, 0.5) is 4.79 Å². The molecule has 1 fully saturated rings. The molecule has 1 aromatic carbocycles. The topological polar surface area (TPSA) is 66.8 Å². The summed E-state index contributed by atoms with van der Waals surface area (Å²) < 4.78 is 5.62. The summed E-state index contributed by atoms with van der Waals surface area (Å²) >= 11 is 2.95. The van der Waals surface area contributed by atoms with E-state index in [1.54, 1.807) is 31.4 Å². The molecule has 7 heteroatoms. The van der Waals surface area contributed by atoms with Crippen molar-refractivity contribution in [2.24, 2.45) is 0 Å². The Labute approximate surface area is 140 Å². The summed E-state index contributed by atoms with van der Waals surface area (Å²) in [5, 5.41) is 9.23. The van der Waals surface area contributed by atoms with Crippen LogP contribution in [0.15, 0.2) is 23.1 Å². The Morgan fingerprint density at radius 1 is 1.43 bits per heavy atom. The van der Waals surface area contributed by atoms with E-state index in [0.29, 0.717) is 28.0 Å². The summed E-state index contributed by atoms with van der Waals surface area (Å²) in [5.74, 6) is -0.0791. The molecule has 0 spiro atoms. The number of hydrogen-bond donors (Lipinski definition) is 1. The molecule has 1 aliphatic heterocycles. The molecule has 0 radical (unpaired) electrons. The predicted octanol–water partition coefficient (Wildman–Crippen LogP) is 3.07. The van der Waals surface area contributed by atoms with E-state index in [9.17, 15) is 14.7 Å². The van der Waals surface area contributed by atoms with Gasteiger partial charge in [-0.15, -0.1) is 0 Å². The second kappa shape index (κ2) is 7.28. The number of thioether (sulfide) groups is 1. The Hall–Kier alpha value is -1.06. The number of methoxy groups -OCH3 is 1. The van der Waals surface area contributed by atoms with Gasteiger partial charge < -0.3 is 9.84 Å². The van der Waals surface area contributed by atoms with Crippen molar-refractivity contribution in [1.29, 1.82) is 0 Å². The Morgan fingerprint density at radius 2 is 2.19 bits per heavy atom. The van der Waals surface area contributed by atoms with E-state index in [0.717, 1.165) is 17.3 Å². The number of carbonyl (C=O) groups excluding carboxylic acids is 2. The molecule has 0 atom stereocenters. The molecule has 5 nitrogen and oxygen atoms in total. The number of rotatable bonds is 5. The summed E-state index contributed by atoms with van der Waals surface area (Å²) in [5.41, 5.74) is 0.777. The van der Waals surface area contributed by atoms with Crippen LogP contribution in [0.25, 0.3) is 6.08 Å². The molecule has 1 heterocycles. The zero-order valence-electron chi connectivity index (χ0n) is 11.3. The second-order valence-electron chi connectivity index (χ2n) is 4.39. The van der Waals surface area contributed by atoms with Crippen LogP contribution >= 0.6 is 34.4 Å². The zero-order chi connectivity index (χ0) is 15.4. The van der Waals surface area contributed by atoms with Crippen LogP contribution < -0.4 is 0 Å². The first-order valence-electron chi connectivity index (χ1n) is 6.25. The van der Waals surface area contributed by atoms with E-state index < -0.39 is 0 Å². The number of imide groups is 1. The fraction of sp³-hybridized carbons (Fsp3) is 0.286. The first kappa shape index (κ1) is 16.3. The standard InChI is InChI=1S/C14H14INO4S/c1-20-6-2-5-16-13(18)12(21-14(16)19)8-9-3-4-11(17)10(15)7-9/h3-4,7-8,17H,2,5-6H2,1H3/b12-8+. The number of benzene rings is 1. The van der Waals surface area contributed by atoms with E-state index in [1.165, 1.54) is 4.90 Å². The van der Waals surface area contributed by atoms with Crippen molar-refractivity contribution in [3.8, 4) is 5.75 Å². The van der Waals surface area contributed by atoms with Gasteiger partial charge in [0, 0.05) is 20.3 Å². The molecule has 0 bridgehead atoms. The molecule has 1 saturated heterocycles. The number of carbonyl (C=O) groups is 2. The highest BCUT2D eigenvalue weighted by molar-refractivity contribution is 14.1. The van der Waals surface area contributed by atoms with Crippen molar-refractivity contribution in [2.45, 2.75) is 6.42 Å². The number of phenols is 1. The maximum absolute atomic E-state index is 12.2. The van der Waals surface area contributed by atoms with Gasteiger partial charge in [0.05, 0.1) is 8.48 Å². The number of aromatic hydroxyl groups is 1. The highest BCUT2D eigenvalue weighted by Crippen LogP contribution is 2.33. The van der Waals surface area contributed by atoms with Gasteiger partial charge in [0.15, 0.2) is 0 Å². The molecule has 2 amide bonds. The minimum absolute atomic E-state index is 0.195. The van der Waals surface area contributed by atoms with Crippen LogP contribution in [0.5, 0.6) is 5.75 Å². The lowest BCUT2D eigenvalue weighted by molar-refractivity contribution is -0.122. The third-order valence-electron chi connectivity index (χ3n) is 2.87. The van der Waals surface area contributed by atoms with Gasteiger partial charge in [-0.1, -0.05) is 6.07 Å². The largest absolute Gasteiger partial charge is 0.507 e. The van der Waals surface area contributed by atoms with E-state index in [-0.39, 0.29) is 16.9 Å². The maximum atomic E-state index is 12.2. The lowest BCUT2D eigenvalue weighted by atomic mass is 10.2. The SMILES string of the molecule is COCCCN1C(=O)S/C(=C/c2ccc(O)c(I)c2)C1=O. The van der Waals surface area contributed by atoms with Crippen LogP contribution in [0.2, 0.25) is 0 Å². The van der Waals surface area contributed by atoms with Crippen LogP contribution in [0, 0.1) is 3.57 Å². The Bertz CT molecular complexity index is 603. The Balaban J connectivity index is 2.13. The average Bonchev–Trinajstić information content (AvgIpc) is 2.70. The lowest BCUT2D eigenvalue weighted by Crippen LogP contribution is -2.29. The smallest absolute Gasteiger partial charge is 0.293 e. The first-order chi connectivity index (χ1) is 10.0. The Kier molecular flexibility index (Phi) is 5.65. The van der Waals surface area contributed by atoms with Gasteiger partial charge in [-0.05, 0) is 64.5 Å². The molecule has 1 aromatic rings. The number of amides is 2. The van der Waals surface area contributed by atoms with Crippen LogP contribution in [-0.4, -0.2) is 41.4 Å². The van der Waals surface area contributed by atoms with E-state index >= 15 is 0 Å². The van der Waals surface area contributed by atoms with Gasteiger partial charge >= 0.3 is 0 Å². The van der Waals surface area contributed by atoms with Gasteiger partial charge in [-0.3, -0.25) is 14.5 Å². The van der Waals surface area contributed by atoms with Crippen molar-refractivity contribution in [3.05, 3.63) is 32.2 Å². The molecule has 0 aromatic heterocycles. The van der Waals surface area contributed by atoms with Crippen molar-refractivity contribution in [1.82, 2.24) is 4.90 Å². The second-order valence-corrected chi connectivity index (χ2v) is 6.55. The molecular formula is C14H14INO4S. The fourth-order valence-corrected chi connectivity index (χ4v) is 3.23. The number of hydrogen-bond acceptors (Lipinski definition) is 5.